The van der Waals surface area contributed by atoms with Gasteiger partial charge in [-0.2, -0.15) is 5.26 Å². The SMILES string of the molecule is C[C@H](O)[C@@H](Br)C#N. The van der Waals surface area contributed by atoms with E-state index in [1.165, 1.54) is 0 Å². The molecule has 0 unspecified atom stereocenters. The molecule has 0 fully saturated rings. The van der Waals surface area contributed by atoms with Gasteiger partial charge in [-0.3, -0.25) is 0 Å². The van der Waals surface area contributed by atoms with Gasteiger partial charge in [0.15, 0.2) is 0 Å². The van der Waals surface area contributed by atoms with E-state index in [0.29, 0.717) is 0 Å². The number of hydrogen-bond acceptors (Lipinski definition) is 2. The molecule has 0 saturated heterocycles. The van der Waals surface area contributed by atoms with Gasteiger partial charge in [-0.1, -0.05) is 15.9 Å². The molecule has 0 spiro atoms. The van der Waals surface area contributed by atoms with Crippen molar-refractivity contribution in [2.45, 2.75) is 17.9 Å². The molecule has 2 nitrogen and oxygen atoms in total. The Labute approximate surface area is 50.9 Å². The van der Waals surface area contributed by atoms with Crippen molar-refractivity contribution in [2.24, 2.45) is 0 Å². The Morgan fingerprint density at radius 1 is 1.86 bits per heavy atom. The van der Waals surface area contributed by atoms with Crippen molar-refractivity contribution < 1.29 is 5.11 Å². The van der Waals surface area contributed by atoms with Crippen LogP contribution in [0, 0.1) is 11.3 Å². The van der Waals surface area contributed by atoms with Crippen LogP contribution in [0.25, 0.3) is 0 Å². The van der Waals surface area contributed by atoms with E-state index in [4.69, 9.17) is 10.4 Å². The van der Waals surface area contributed by atoms with Gasteiger partial charge in [-0.05, 0) is 6.92 Å². The summed E-state index contributed by atoms with van der Waals surface area (Å²) in [6, 6.07) is 1.83. The molecule has 0 radical (unpaired) electrons. The number of aliphatic hydroxyl groups excluding tert-OH is 1. The summed E-state index contributed by atoms with van der Waals surface area (Å²) >= 11 is 2.93. The maximum Gasteiger partial charge on any atom is 0.127 e. The Bertz CT molecular complexity index is 86.2. The van der Waals surface area contributed by atoms with E-state index in [-0.39, 0.29) is 0 Å². The molecule has 40 valence electrons. The van der Waals surface area contributed by atoms with Gasteiger partial charge < -0.3 is 5.11 Å². The molecule has 1 N–H and O–H groups in total. The van der Waals surface area contributed by atoms with Crippen LogP contribution in [0.2, 0.25) is 0 Å². The standard InChI is InChI=1S/C4H6BrNO/c1-3(7)4(5)2-6/h3-4,7H,1H3/t3-,4-/m0/s1. The Morgan fingerprint density at radius 3 is 2.29 bits per heavy atom. The van der Waals surface area contributed by atoms with Crippen LogP contribution in [0.15, 0.2) is 0 Å². The fourth-order valence-corrected chi connectivity index (χ4v) is 0.108. The Kier molecular flexibility index (Phi) is 2.97. The van der Waals surface area contributed by atoms with Gasteiger partial charge in [0.05, 0.1) is 12.2 Å². The average molecular weight is 164 g/mol. The van der Waals surface area contributed by atoms with Crippen molar-refractivity contribution in [3.63, 3.8) is 0 Å². The lowest BCUT2D eigenvalue weighted by atomic mass is 10.3. The van der Waals surface area contributed by atoms with E-state index in [1.807, 2.05) is 6.07 Å². The molecule has 0 aromatic heterocycles. The predicted octanol–water partition coefficient (Wildman–Crippen LogP) is 0.654. The summed E-state index contributed by atoms with van der Waals surface area (Å²) in [6.45, 7) is 1.56. The van der Waals surface area contributed by atoms with Gasteiger partial charge in [0.2, 0.25) is 0 Å². The van der Waals surface area contributed by atoms with Crippen molar-refractivity contribution >= 4 is 15.9 Å². The Hall–Kier alpha value is -0.0700. The fraction of sp³-hybridized carbons (Fsp3) is 0.750. The number of aliphatic hydroxyl groups is 1. The van der Waals surface area contributed by atoms with Crippen molar-refractivity contribution in [1.29, 1.82) is 5.26 Å². The van der Waals surface area contributed by atoms with Crippen LogP contribution >= 0.6 is 15.9 Å². The lowest BCUT2D eigenvalue weighted by Gasteiger charge is -1.99. The van der Waals surface area contributed by atoms with Crippen LogP contribution in [-0.2, 0) is 0 Å². The highest BCUT2D eigenvalue weighted by Gasteiger charge is 2.06. The lowest BCUT2D eigenvalue weighted by Crippen LogP contribution is -2.12. The maximum absolute atomic E-state index is 8.55. The first kappa shape index (κ1) is 6.93. The number of halogens is 1. The van der Waals surface area contributed by atoms with E-state index in [1.54, 1.807) is 6.92 Å². The van der Waals surface area contributed by atoms with Crippen LogP contribution in [-0.4, -0.2) is 16.0 Å². The molecule has 0 bridgehead atoms. The second kappa shape index (κ2) is 3.00. The minimum absolute atomic E-state index is 0.424. The minimum Gasteiger partial charge on any atom is -0.391 e. The summed E-state index contributed by atoms with van der Waals surface area (Å²) in [7, 11) is 0. The van der Waals surface area contributed by atoms with Crippen LogP contribution < -0.4 is 0 Å². The van der Waals surface area contributed by atoms with E-state index in [2.05, 4.69) is 15.9 Å². The highest BCUT2D eigenvalue weighted by molar-refractivity contribution is 9.09. The first-order valence-corrected chi connectivity index (χ1v) is 2.82. The van der Waals surface area contributed by atoms with Gasteiger partial charge in [0.25, 0.3) is 0 Å². The summed E-state index contributed by atoms with van der Waals surface area (Å²) < 4.78 is 0. The number of rotatable bonds is 1. The molecule has 0 aliphatic heterocycles. The summed E-state index contributed by atoms with van der Waals surface area (Å²) in [5, 5.41) is 16.6. The lowest BCUT2D eigenvalue weighted by molar-refractivity contribution is 0.207. The van der Waals surface area contributed by atoms with Gasteiger partial charge in [-0.15, -0.1) is 0 Å². The number of alkyl halides is 1. The third kappa shape index (κ3) is 2.60. The molecule has 0 aromatic rings. The van der Waals surface area contributed by atoms with Crippen LogP contribution in [0.4, 0.5) is 0 Å². The number of nitriles is 1. The molecule has 0 heterocycles. The van der Waals surface area contributed by atoms with Crippen molar-refractivity contribution in [2.75, 3.05) is 0 Å². The maximum atomic E-state index is 8.55. The van der Waals surface area contributed by atoms with Gasteiger partial charge in [0, 0.05) is 0 Å². The fourth-order valence-electron chi connectivity index (χ4n) is 0.108. The molecule has 0 amide bonds. The highest BCUT2D eigenvalue weighted by Crippen LogP contribution is 2.01. The predicted molar refractivity (Wildman–Crippen MR) is 30.0 cm³/mol. The molecule has 7 heavy (non-hydrogen) atoms. The topological polar surface area (TPSA) is 44.0 Å². The molecular formula is C4H6BrNO. The second-order valence-corrected chi connectivity index (χ2v) is 2.26. The summed E-state index contributed by atoms with van der Waals surface area (Å²) in [4.78, 5) is -0.424. The van der Waals surface area contributed by atoms with Crippen molar-refractivity contribution in [3.8, 4) is 6.07 Å². The second-order valence-electron chi connectivity index (χ2n) is 1.27. The van der Waals surface area contributed by atoms with Crippen molar-refractivity contribution in [1.82, 2.24) is 0 Å². The average Bonchev–Trinajstić information content (AvgIpc) is 1.65. The number of nitrogens with zero attached hydrogens (tertiary/aromatic N) is 1. The van der Waals surface area contributed by atoms with E-state index >= 15 is 0 Å². The van der Waals surface area contributed by atoms with Gasteiger partial charge in [-0.25, -0.2) is 0 Å². The van der Waals surface area contributed by atoms with Crippen LogP contribution in [0.5, 0.6) is 0 Å². The summed E-state index contributed by atoms with van der Waals surface area (Å²) in [5.41, 5.74) is 0. The smallest absolute Gasteiger partial charge is 0.127 e. The monoisotopic (exact) mass is 163 g/mol. The molecule has 0 aromatic carbocycles. The number of hydrogen-bond donors (Lipinski definition) is 1. The Morgan fingerprint density at radius 2 is 2.29 bits per heavy atom. The third-order valence-corrected chi connectivity index (χ3v) is 1.52. The van der Waals surface area contributed by atoms with Crippen LogP contribution in [0.1, 0.15) is 6.92 Å². The molecule has 3 heteroatoms. The zero-order valence-corrected chi connectivity index (χ0v) is 5.51. The summed E-state index contributed by atoms with van der Waals surface area (Å²) in [5.74, 6) is 0. The summed E-state index contributed by atoms with van der Waals surface area (Å²) in [6.07, 6.45) is -0.579. The highest BCUT2D eigenvalue weighted by atomic mass is 79.9. The first-order valence-electron chi connectivity index (χ1n) is 1.90. The van der Waals surface area contributed by atoms with Gasteiger partial charge >= 0.3 is 0 Å². The molecule has 2 atom stereocenters. The zero-order chi connectivity index (χ0) is 5.86. The quantitative estimate of drug-likeness (QED) is 0.578. The molecule has 0 aliphatic carbocycles. The first-order chi connectivity index (χ1) is 3.18. The zero-order valence-electron chi connectivity index (χ0n) is 3.93. The molecule has 0 aliphatic rings. The van der Waals surface area contributed by atoms with Crippen LogP contribution in [0.3, 0.4) is 0 Å². The molecule has 0 saturated carbocycles. The van der Waals surface area contributed by atoms with E-state index < -0.39 is 10.9 Å². The third-order valence-electron chi connectivity index (χ3n) is 0.547. The Balaban J connectivity index is 3.40. The van der Waals surface area contributed by atoms with Crippen molar-refractivity contribution in [3.05, 3.63) is 0 Å². The normalized spacial score (nSPS) is 17.4. The molecular weight excluding hydrogens is 158 g/mol. The van der Waals surface area contributed by atoms with E-state index in [9.17, 15) is 0 Å². The van der Waals surface area contributed by atoms with Gasteiger partial charge in [0.1, 0.15) is 4.83 Å². The van der Waals surface area contributed by atoms with E-state index in [0.717, 1.165) is 0 Å². The molecule has 0 rings (SSSR count). The largest absolute Gasteiger partial charge is 0.391 e. The minimum atomic E-state index is -0.579.